The van der Waals surface area contributed by atoms with Crippen LogP contribution in [0, 0.1) is 5.92 Å². The van der Waals surface area contributed by atoms with Crippen LogP contribution in [0.15, 0.2) is 35.3 Å². The molecule has 176 valence electrons. The van der Waals surface area contributed by atoms with Crippen molar-refractivity contribution in [2.75, 3.05) is 39.8 Å². The third-order valence-electron chi connectivity index (χ3n) is 6.74. The zero-order valence-corrected chi connectivity index (χ0v) is 22.2. The number of hydrogen-bond donors (Lipinski definition) is 2. The first-order valence-electron chi connectivity index (χ1n) is 12.1. The van der Waals surface area contributed by atoms with E-state index in [4.69, 9.17) is 0 Å². The largest absolute Gasteiger partial charge is 0.356 e. The number of aliphatic imine (C=N–C) groups is 1. The van der Waals surface area contributed by atoms with Gasteiger partial charge in [-0.25, -0.2) is 0 Å². The smallest absolute Gasteiger partial charge is 0.191 e. The molecule has 1 aromatic rings. The van der Waals surface area contributed by atoms with E-state index in [1.807, 2.05) is 7.05 Å². The van der Waals surface area contributed by atoms with Crippen LogP contribution in [0.3, 0.4) is 0 Å². The zero-order valence-electron chi connectivity index (χ0n) is 19.9. The van der Waals surface area contributed by atoms with Gasteiger partial charge in [-0.1, -0.05) is 37.3 Å². The average Bonchev–Trinajstić information content (AvgIpc) is 2.75. The molecule has 31 heavy (non-hydrogen) atoms. The number of nitrogens with zero attached hydrogens (tertiary/aromatic N) is 3. The van der Waals surface area contributed by atoms with E-state index in [0.29, 0.717) is 12.1 Å². The van der Waals surface area contributed by atoms with Gasteiger partial charge >= 0.3 is 0 Å². The summed E-state index contributed by atoms with van der Waals surface area (Å²) in [7, 11) is 1.89. The molecule has 0 bridgehead atoms. The SMILES string of the molecule is CN=C(NCCCCN1CCCC(C)C1)NC1CCN(Cc2ccccc2)C(C)C1.I. The van der Waals surface area contributed by atoms with Gasteiger partial charge in [0.15, 0.2) is 5.96 Å². The molecule has 2 N–H and O–H groups in total. The number of piperidine rings is 2. The lowest BCUT2D eigenvalue weighted by molar-refractivity contribution is 0.134. The molecule has 0 aromatic heterocycles. The molecule has 3 rings (SSSR count). The van der Waals surface area contributed by atoms with Crippen LogP contribution in [-0.4, -0.2) is 67.6 Å². The molecule has 0 spiro atoms. The summed E-state index contributed by atoms with van der Waals surface area (Å²) in [5, 5.41) is 7.20. The maximum Gasteiger partial charge on any atom is 0.191 e. The highest BCUT2D eigenvalue weighted by atomic mass is 127. The third kappa shape index (κ3) is 9.26. The van der Waals surface area contributed by atoms with Crippen LogP contribution in [0.5, 0.6) is 0 Å². The minimum absolute atomic E-state index is 0. The Bertz CT molecular complexity index is 638. The molecule has 2 aliphatic heterocycles. The molecule has 2 aliphatic rings. The summed E-state index contributed by atoms with van der Waals surface area (Å²) in [6, 6.07) is 11.9. The minimum Gasteiger partial charge on any atom is -0.356 e. The van der Waals surface area contributed by atoms with Crippen LogP contribution < -0.4 is 10.6 Å². The standard InChI is InChI=1S/C25H43N5.HI/c1-21-10-9-16-29(19-21)15-8-7-14-27-25(26-3)28-24-13-17-30(22(2)18-24)20-23-11-5-4-6-12-23;/h4-6,11-12,21-22,24H,7-10,13-20H2,1-3H3,(H2,26,27,28);1H. The van der Waals surface area contributed by atoms with Crippen LogP contribution >= 0.6 is 24.0 Å². The zero-order chi connectivity index (χ0) is 21.2. The Balaban J connectivity index is 0.00000341. The Hall–Kier alpha value is -0.860. The van der Waals surface area contributed by atoms with Crippen molar-refractivity contribution >= 4 is 29.9 Å². The molecular formula is C25H44IN5. The third-order valence-corrected chi connectivity index (χ3v) is 6.74. The van der Waals surface area contributed by atoms with Crippen molar-refractivity contribution in [2.45, 2.75) is 71.0 Å². The molecule has 3 unspecified atom stereocenters. The summed E-state index contributed by atoms with van der Waals surface area (Å²) < 4.78 is 0. The number of unbranched alkanes of at least 4 members (excludes halogenated alkanes) is 1. The number of benzene rings is 1. The van der Waals surface area contributed by atoms with Gasteiger partial charge in [-0.2, -0.15) is 0 Å². The molecule has 3 atom stereocenters. The van der Waals surface area contributed by atoms with E-state index in [0.717, 1.165) is 31.5 Å². The lowest BCUT2D eigenvalue weighted by atomic mass is 9.97. The predicted molar refractivity (Wildman–Crippen MR) is 143 cm³/mol. The molecule has 0 aliphatic carbocycles. The molecule has 6 heteroatoms. The Morgan fingerprint density at radius 2 is 1.90 bits per heavy atom. The Kier molecular flexibility index (Phi) is 12.2. The maximum absolute atomic E-state index is 4.46. The molecule has 5 nitrogen and oxygen atoms in total. The van der Waals surface area contributed by atoms with E-state index in [1.165, 1.54) is 63.7 Å². The molecular weight excluding hydrogens is 497 g/mol. The quantitative estimate of drug-likeness (QED) is 0.223. The normalized spacial score (nSPS) is 25.6. The summed E-state index contributed by atoms with van der Waals surface area (Å²) >= 11 is 0. The number of nitrogens with one attached hydrogen (secondary N) is 2. The van der Waals surface area contributed by atoms with Crippen molar-refractivity contribution in [1.82, 2.24) is 20.4 Å². The number of rotatable bonds is 8. The average molecular weight is 542 g/mol. The van der Waals surface area contributed by atoms with Gasteiger partial charge < -0.3 is 15.5 Å². The van der Waals surface area contributed by atoms with Crippen LogP contribution in [0.4, 0.5) is 0 Å². The summed E-state index contributed by atoms with van der Waals surface area (Å²) in [5.41, 5.74) is 1.41. The van der Waals surface area contributed by atoms with Gasteiger partial charge in [0.1, 0.15) is 0 Å². The van der Waals surface area contributed by atoms with Crippen molar-refractivity contribution < 1.29 is 0 Å². The number of likely N-dealkylation sites (tertiary alicyclic amines) is 2. The van der Waals surface area contributed by atoms with Gasteiger partial charge in [0.2, 0.25) is 0 Å². The van der Waals surface area contributed by atoms with Gasteiger partial charge in [0.05, 0.1) is 0 Å². The minimum atomic E-state index is 0. The van der Waals surface area contributed by atoms with Crippen molar-refractivity contribution in [1.29, 1.82) is 0 Å². The topological polar surface area (TPSA) is 42.9 Å². The van der Waals surface area contributed by atoms with E-state index < -0.39 is 0 Å². The molecule has 0 radical (unpaired) electrons. The second kappa shape index (κ2) is 14.3. The van der Waals surface area contributed by atoms with E-state index in [1.54, 1.807) is 0 Å². The van der Waals surface area contributed by atoms with Crippen LogP contribution in [0.25, 0.3) is 0 Å². The fourth-order valence-electron chi connectivity index (χ4n) is 4.95. The molecule has 0 saturated carbocycles. The molecule has 2 heterocycles. The molecule has 2 fully saturated rings. The summed E-state index contributed by atoms with van der Waals surface area (Å²) in [4.78, 5) is 9.71. The van der Waals surface area contributed by atoms with Crippen LogP contribution in [0.2, 0.25) is 0 Å². The van der Waals surface area contributed by atoms with Gasteiger partial charge in [-0.15, -0.1) is 24.0 Å². The molecule has 0 amide bonds. The first-order valence-corrected chi connectivity index (χ1v) is 12.1. The number of guanidine groups is 1. The van der Waals surface area contributed by atoms with E-state index in [9.17, 15) is 0 Å². The fourth-order valence-corrected chi connectivity index (χ4v) is 4.95. The second-order valence-corrected chi connectivity index (χ2v) is 9.42. The van der Waals surface area contributed by atoms with Gasteiger partial charge in [0.25, 0.3) is 0 Å². The highest BCUT2D eigenvalue weighted by Crippen LogP contribution is 2.20. The van der Waals surface area contributed by atoms with E-state index >= 15 is 0 Å². The van der Waals surface area contributed by atoms with Gasteiger partial charge in [-0.3, -0.25) is 9.89 Å². The van der Waals surface area contributed by atoms with Gasteiger partial charge in [0, 0.05) is 45.3 Å². The lowest BCUT2D eigenvalue weighted by Crippen LogP contribution is -2.51. The van der Waals surface area contributed by atoms with Crippen molar-refractivity contribution in [2.24, 2.45) is 10.9 Å². The van der Waals surface area contributed by atoms with Crippen LogP contribution in [-0.2, 0) is 6.54 Å². The van der Waals surface area contributed by atoms with E-state index in [-0.39, 0.29) is 24.0 Å². The Morgan fingerprint density at radius 3 is 2.61 bits per heavy atom. The summed E-state index contributed by atoms with van der Waals surface area (Å²) in [6.45, 7) is 11.8. The Morgan fingerprint density at radius 1 is 1.10 bits per heavy atom. The maximum atomic E-state index is 4.46. The lowest BCUT2D eigenvalue weighted by Gasteiger charge is -2.38. The highest BCUT2D eigenvalue weighted by molar-refractivity contribution is 14.0. The molecule has 1 aromatic carbocycles. The van der Waals surface area contributed by atoms with Crippen LogP contribution in [0.1, 0.15) is 57.9 Å². The summed E-state index contributed by atoms with van der Waals surface area (Å²) in [5.74, 6) is 1.84. The highest BCUT2D eigenvalue weighted by Gasteiger charge is 2.26. The summed E-state index contributed by atoms with van der Waals surface area (Å²) in [6.07, 6.45) is 7.59. The van der Waals surface area contributed by atoms with E-state index in [2.05, 4.69) is 69.6 Å². The monoisotopic (exact) mass is 541 g/mol. The van der Waals surface area contributed by atoms with Crippen molar-refractivity contribution in [3.8, 4) is 0 Å². The first-order chi connectivity index (χ1) is 14.6. The number of halogens is 1. The second-order valence-electron chi connectivity index (χ2n) is 9.42. The predicted octanol–water partition coefficient (Wildman–Crippen LogP) is 4.33. The number of hydrogen-bond acceptors (Lipinski definition) is 3. The fraction of sp³-hybridized carbons (Fsp3) is 0.720. The van der Waals surface area contributed by atoms with Gasteiger partial charge in [-0.05, 0) is 70.0 Å². The Labute approximate surface area is 207 Å². The first kappa shape index (κ1) is 26.4. The van der Waals surface area contributed by atoms with Crippen molar-refractivity contribution in [3.63, 3.8) is 0 Å². The van der Waals surface area contributed by atoms with Crippen molar-refractivity contribution in [3.05, 3.63) is 35.9 Å². The molecule has 2 saturated heterocycles.